The predicted molar refractivity (Wildman–Crippen MR) is 77.4 cm³/mol. The van der Waals surface area contributed by atoms with Crippen molar-refractivity contribution in [3.63, 3.8) is 0 Å². The first kappa shape index (κ1) is 13.8. The van der Waals surface area contributed by atoms with E-state index in [2.05, 4.69) is 17.2 Å². The first-order chi connectivity index (χ1) is 9.24. The van der Waals surface area contributed by atoms with Gasteiger partial charge >= 0.3 is 0 Å². The third-order valence-electron chi connectivity index (χ3n) is 3.73. The summed E-state index contributed by atoms with van der Waals surface area (Å²) in [7, 11) is 0. The fraction of sp³-hybridized carbons (Fsp3) is 0.600. The number of nitrogens with zero attached hydrogens (tertiary/aromatic N) is 2. The molecule has 4 nitrogen and oxygen atoms in total. The monoisotopic (exact) mass is 261 g/mol. The van der Waals surface area contributed by atoms with E-state index in [1.165, 1.54) is 12.8 Å². The number of carbonyl (C=O) groups excluding carboxylic acids is 1. The van der Waals surface area contributed by atoms with Crippen LogP contribution < -0.4 is 5.32 Å². The molecule has 1 aromatic heterocycles. The topological polar surface area (TPSA) is 45.2 Å². The van der Waals surface area contributed by atoms with Gasteiger partial charge in [-0.2, -0.15) is 0 Å². The molecule has 1 fully saturated rings. The first-order valence-corrected chi connectivity index (χ1v) is 7.23. The van der Waals surface area contributed by atoms with Gasteiger partial charge in [0, 0.05) is 25.3 Å². The highest BCUT2D eigenvalue weighted by Crippen LogP contribution is 2.22. The molecular formula is C15H23N3O. The van der Waals surface area contributed by atoms with E-state index in [1.807, 2.05) is 17.9 Å². The van der Waals surface area contributed by atoms with Crippen molar-refractivity contribution in [2.45, 2.75) is 45.6 Å². The van der Waals surface area contributed by atoms with E-state index in [9.17, 15) is 4.79 Å². The molecular weight excluding hydrogens is 238 g/mol. The maximum atomic E-state index is 12.7. The molecule has 4 heteroatoms. The lowest BCUT2D eigenvalue weighted by atomic mass is 10.1. The zero-order chi connectivity index (χ0) is 13.7. The van der Waals surface area contributed by atoms with Gasteiger partial charge in [-0.25, -0.2) is 0 Å². The van der Waals surface area contributed by atoms with E-state index in [1.54, 1.807) is 12.4 Å². The summed E-state index contributed by atoms with van der Waals surface area (Å²) in [6.45, 7) is 5.84. The molecule has 2 rings (SSSR count). The van der Waals surface area contributed by atoms with E-state index in [0.29, 0.717) is 6.04 Å². The summed E-state index contributed by atoms with van der Waals surface area (Å²) < 4.78 is 0. The molecule has 2 heterocycles. The van der Waals surface area contributed by atoms with Crippen LogP contribution in [0.25, 0.3) is 0 Å². The van der Waals surface area contributed by atoms with Crippen molar-refractivity contribution in [1.29, 1.82) is 0 Å². The third kappa shape index (κ3) is 3.25. The second-order valence-corrected chi connectivity index (χ2v) is 5.15. The SMILES string of the molecule is CCNc1cnccc1C(=O)N1CCCCCC1C. The largest absolute Gasteiger partial charge is 0.383 e. The average molecular weight is 261 g/mol. The van der Waals surface area contributed by atoms with Crippen LogP contribution in [0.4, 0.5) is 5.69 Å². The quantitative estimate of drug-likeness (QED) is 0.910. The van der Waals surface area contributed by atoms with Crippen LogP contribution in [-0.4, -0.2) is 34.9 Å². The number of rotatable bonds is 3. The molecule has 0 saturated carbocycles. The summed E-state index contributed by atoms with van der Waals surface area (Å²) in [6, 6.07) is 2.15. The predicted octanol–water partition coefficient (Wildman–Crippen LogP) is 2.92. The Balaban J connectivity index is 2.22. The molecule has 0 spiro atoms. The number of pyridine rings is 1. The fourth-order valence-electron chi connectivity index (χ4n) is 2.64. The lowest BCUT2D eigenvalue weighted by Gasteiger charge is -2.28. The van der Waals surface area contributed by atoms with Gasteiger partial charge in [0.25, 0.3) is 5.91 Å². The number of anilines is 1. The smallest absolute Gasteiger partial charge is 0.256 e. The molecule has 1 amide bonds. The minimum absolute atomic E-state index is 0.132. The van der Waals surface area contributed by atoms with Gasteiger partial charge in [-0.3, -0.25) is 9.78 Å². The number of hydrogen-bond acceptors (Lipinski definition) is 3. The van der Waals surface area contributed by atoms with Crippen LogP contribution in [0.3, 0.4) is 0 Å². The van der Waals surface area contributed by atoms with Crippen molar-refractivity contribution in [3.05, 3.63) is 24.0 Å². The summed E-state index contributed by atoms with van der Waals surface area (Å²) in [6.07, 6.45) is 8.09. The fourth-order valence-corrected chi connectivity index (χ4v) is 2.64. The van der Waals surface area contributed by atoms with Gasteiger partial charge in [0.15, 0.2) is 0 Å². The molecule has 0 aromatic carbocycles. The van der Waals surface area contributed by atoms with Crippen molar-refractivity contribution in [2.24, 2.45) is 0 Å². The standard InChI is InChI=1S/C15H23N3O/c1-3-17-14-11-16-9-8-13(14)15(19)18-10-6-4-5-7-12(18)2/h8-9,11-12,17H,3-7,10H2,1-2H3. The Bertz CT molecular complexity index is 433. The Labute approximate surface area is 115 Å². The van der Waals surface area contributed by atoms with Crippen LogP contribution in [0.5, 0.6) is 0 Å². The Morgan fingerprint density at radius 2 is 2.32 bits per heavy atom. The van der Waals surface area contributed by atoms with Gasteiger partial charge in [-0.1, -0.05) is 12.8 Å². The summed E-state index contributed by atoms with van der Waals surface area (Å²) in [5.41, 5.74) is 1.58. The lowest BCUT2D eigenvalue weighted by molar-refractivity contribution is 0.0699. The molecule has 104 valence electrons. The molecule has 0 bridgehead atoms. The second-order valence-electron chi connectivity index (χ2n) is 5.15. The first-order valence-electron chi connectivity index (χ1n) is 7.23. The van der Waals surface area contributed by atoms with Crippen LogP contribution in [0.2, 0.25) is 0 Å². The lowest BCUT2D eigenvalue weighted by Crippen LogP contribution is -2.38. The maximum absolute atomic E-state index is 12.7. The van der Waals surface area contributed by atoms with Crippen molar-refractivity contribution in [2.75, 3.05) is 18.4 Å². The third-order valence-corrected chi connectivity index (χ3v) is 3.73. The molecule has 1 aromatic rings. The second kappa shape index (κ2) is 6.55. The number of likely N-dealkylation sites (tertiary alicyclic amines) is 1. The molecule has 19 heavy (non-hydrogen) atoms. The minimum Gasteiger partial charge on any atom is -0.383 e. The highest BCUT2D eigenvalue weighted by atomic mass is 16.2. The molecule has 1 unspecified atom stereocenters. The van der Waals surface area contributed by atoms with Gasteiger partial charge in [-0.05, 0) is 32.8 Å². The molecule has 0 radical (unpaired) electrons. The summed E-state index contributed by atoms with van der Waals surface area (Å²) in [4.78, 5) is 18.8. The van der Waals surface area contributed by atoms with Crippen LogP contribution in [0.15, 0.2) is 18.5 Å². The summed E-state index contributed by atoms with van der Waals surface area (Å²) in [5.74, 6) is 0.132. The molecule has 0 aliphatic carbocycles. The highest BCUT2D eigenvalue weighted by molar-refractivity contribution is 5.99. The van der Waals surface area contributed by atoms with Crippen LogP contribution in [0, 0.1) is 0 Å². The van der Waals surface area contributed by atoms with Crippen LogP contribution >= 0.6 is 0 Å². The normalized spacial score (nSPS) is 19.9. The van der Waals surface area contributed by atoms with Gasteiger partial charge in [0.2, 0.25) is 0 Å². The van der Waals surface area contributed by atoms with E-state index >= 15 is 0 Å². The van der Waals surface area contributed by atoms with E-state index in [4.69, 9.17) is 0 Å². The Kier molecular flexibility index (Phi) is 4.77. The Morgan fingerprint density at radius 1 is 1.47 bits per heavy atom. The van der Waals surface area contributed by atoms with E-state index in [0.717, 1.165) is 37.2 Å². The highest BCUT2D eigenvalue weighted by Gasteiger charge is 2.24. The number of hydrogen-bond donors (Lipinski definition) is 1. The minimum atomic E-state index is 0.132. The molecule has 1 aliphatic heterocycles. The van der Waals surface area contributed by atoms with Crippen molar-refractivity contribution in [1.82, 2.24) is 9.88 Å². The van der Waals surface area contributed by atoms with Gasteiger partial charge < -0.3 is 10.2 Å². The van der Waals surface area contributed by atoms with Crippen molar-refractivity contribution < 1.29 is 4.79 Å². The van der Waals surface area contributed by atoms with Crippen LogP contribution in [0.1, 0.15) is 49.9 Å². The number of amides is 1. The average Bonchev–Trinajstić information content (AvgIpc) is 2.64. The maximum Gasteiger partial charge on any atom is 0.256 e. The van der Waals surface area contributed by atoms with Gasteiger partial charge in [0.1, 0.15) is 0 Å². The zero-order valence-corrected chi connectivity index (χ0v) is 11.9. The van der Waals surface area contributed by atoms with Gasteiger partial charge in [-0.15, -0.1) is 0 Å². The van der Waals surface area contributed by atoms with Gasteiger partial charge in [0.05, 0.1) is 17.4 Å². The van der Waals surface area contributed by atoms with E-state index < -0.39 is 0 Å². The molecule has 1 atom stereocenters. The Hall–Kier alpha value is -1.58. The molecule has 1 aliphatic rings. The van der Waals surface area contributed by atoms with Crippen molar-refractivity contribution in [3.8, 4) is 0 Å². The zero-order valence-electron chi connectivity index (χ0n) is 11.9. The summed E-state index contributed by atoms with van der Waals surface area (Å²) >= 11 is 0. The number of nitrogens with one attached hydrogen (secondary N) is 1. The van der Waals surface area contributed by atoms with Crippen LogP contribution in [-0.2, 0) is 0 Å². The Morgan fingerprint density at radius 3 is 3.11 bits per heavy atom. The number of aromatic nitrogens is 1. The van der Waals surface area contributed by atoms with Crippen molar-refractivity contribution >= 4 is 11.6 Å². The number of carbonyl (C=O) groups is 1. The van der Waals surface area contributed by atoms with E-state index in [-0.39, 0.29) is 5.91 Å². The summed E-state index contributed by atoms with van der Waals surface area (Å²) in [5, 5.41) is 3.22. The molecule has 1 saturated heterocycles. The molecule has 1 N–H and O–H groups in total.